The molecule has 1 amide bonds. The predicted molar refractivity (Wildman–Crippen MR) is 271 cm³/mol. The van der Waals surface area contributed by atoms with Gasteiger partial charge in [-0.2, -0.15) is 0 Å². The van der Waals surface area contributed by atoms with Gasteiger partial charge in [-0.1, -0.05) is 137 Å². The molecule has 8 nitrogen and oxygen atoms in total. The van der Waals surface area contributed by atoms with Crippen LogP contribution in [0, 0.1) is 58.2 Å². The van der Waals surface area contributed by atoms with E-state index in [0.29, 0.717) is 18.6 Å². The molecule has 0 aromatic heterocycles. The Balaban J connectivity index is 0.921. The van der Waals surface area contributed by atoms with Crippen LogP contribution in [0.5, 0.6) is 0 Å². The van der Waals surface area contributed by atoms with Gasteiger partial charge in [0.05, 0.1) is 19.3 Å². The van der Waals surface area contributed by atoms with E-state index in [4.69, 9.17) is 18.9 Å². The summed E-state index contributed by atoms with van der Waals surface area (Å²) in [5.74, 6) is 11.1. The number of nitrogens with one attached hydrogen (secondary N) is 1. The van der Waals surface area contributed by atoms with Crippen LogP contribution in [0.4, 0.5) is 4.79 Å². The number of fused-ring (bicyclic) bond motifs is 5. The van der Waals surface area contributed by atoms with E-state index in [1.165, 1.54) is 147 Å². The van der Waals surface area contributed by atoms with Crippen LogP contribution < -0.4 is 5.32 Å². The summed E-state index contributed by atoms with van der Waals surface area (Å²) in [4.78, 5) is 28.1. The first-order chi connectivity index (χ1) is 32.0. The third-order valence-electron chi connectivity index (χ3n) is 17.4. The number of likely N-dealkylation sites (tertiary alicyclic amines) is 1. The minimum Gasteiger partial charge on any atom is -0.462 e. The molecule has 4 aliphatic carbocycles. The fourth-order valence-corrected chi connectivity index (χ4v) is 13.6. The monoisotopic (exact) mass is 921 g/mol. The second-order valence-corrected chi connectivity index (χ2v) is 22.8. The van der Waals surface area contributed by atoms with Crippen LogP contribution in [0.3, 0.4) is 0 Å². The lowest BCUT2D eigenvalue weighted by Crippen LogP contribution is -2.51. The normalized spacial score (nSPS) is 28.3. The van der Waals surface area contributed by atoms with Crippen molar-refractivity contribution in [3.8, 4) is 11.8 Å². The van der Waals surface area contributed by atoms with Gasteiger partial charge in [0.15, 0.2) is 0 Å². The van der Waals surface area contributed by atoms with Crippen molar-refractivity contribution >= 4 is 12.1 Å². The average Bonchev–Trinajstić information content (AvgIpc) is 3.67. The Morgan fingerprint density at radius 2 is 1.50 bits per heavy atom. The Morgan fingerprint density at radius 1 is 0.788 bits per heavy atom. The first-order valence-electron chi connectivity index (χ1n) is 28.2. The van der Waals surface area contributed by atoms with Crippen molar-refractivity contribution in [2.24, 2.45) is 46.3 Å². The molecule has 0 aromatic rings. The SMILES string of the molecule is CCCCCCCCC#CCCCCCCCCOCC(CN1CCCCC1)OCCOC(=O)CNC(=O)O[C@H]1CCC2(C)C(=CCC3[C@@H]2CC[C@]2(C)[C@H](C(C)CCCC(C)C)CC[C@@H]32)C1. The molecule has 5 rings (SSSR count). The van der Waals surface area contributed by atoms with Crippen LogP contribution in [0.1, 0.15) is 221 Å². The number of hydrogen-bond donors (Lipinski definition) is 1. The number of ether oxygens (including phenoxy) is 4. The maximum absolute atomic E-state index is 12.9. The highest BCUT2D eigenvalue weighted by Gasteiger charge is 2.59. The molecular formula is C58H100N2O6. The van der Waals surface area contributed by atoms with Gasteiger partial charge in [0.1, 0.15) is 19.3 Å². The number of unbranched alkanes of at least 4 members (excludes halogenated alkanes) is 12. The highest BCUT2D eigenvalue weighted by molar-refractivity contribution is 5.77. The van der Waals surface area contributed by atoms with E-state index < -0.39 is 12.1 Å². The molecule has 3 saturated carbocycles. The highest BCUT2D eigenvalue weighted by Crippen LogP contribution is 2.67. The minimum absolute atomic E-state index is 0.0638. The first-order valence-corrected chi connectivity index (χ1v) is 28.2. The van der Waals surface area contributed by atoms with Crippen molar-refractivity contribution in [2.45, 2.75) is 234 Å². The van der Waals surface area contributed by atoms with Gasteiger partial charge in [0.25, 0.3) is 0 Å². The number of esters is 1. The molecule has 9 atom stereocenters. The molecule has 0 aromatic carbocycles. The second-order valence-electron chi connectivity index (χ2n) is 22.8. The molecule has 0 spiro atoms. The molecule has 0 radical (unpaired) electrons. The van der Waals surface area contributed by atoms with E-state index >= 15 is 0 Å². The smallest absolute Gasteiger partial charge is 0.407 e. The van der Waals surface area contributed by atoms with Gasteiger partial charge in [-0.15, -0.1) is 11.8 Å². The molecule has 1 aliphatic heterocycles. The van der Waals surface area contributed by atoms with E-state index in [1.54, 1.807) is 0 Å². The number of piperidine rings is 1. The average molecular weight is 921 g/mol. The summed E-state index contributed by atoms with van der Waals surface area (Å²) >= 11 is 0. The third-order valence-corrected chi connectivity index (χ3v) is 17.4. The van der Waals surface area contributed by atoms with Crippen LogP contribution in [0.15, 0.2) is 11.6 Å². The van der Waals surface area contributed by atoms with Gasteiger partial charge in [-0.05, 0) is 136 Å². The summed E-state index contributed by atoms with van der Waals surface area (Å²) < 4.78 is 23.8. The number of nitrogens with zero attached hydrogens (tertiary/aromatic N) is 1. The van der Waals surface area contributed by atoms with Gasteiger partial charge in [-0.25, -0.2) is 4.79 Å². The van der Waals surface area contributed by atoms with E-state index in [9.17, 15) is 9.59 Å². The van der Waals surface area contributed by atoms with Crippen molar-refractivity contribution in [3.05, 3.63) is 11.6 Å². The van der Waals surface area contributed by atoms with Crippen LogP contribution in [-0.4, -0.2) is 81.8 Å². The van der Waals surface area contributed by atoms with Crippen molar-refractivity contribution in [2.75, 3.05) is 52.6 Å². The Hall–Kier alpha value is -2.08. The Morgan fingerprint density at radius 3 is 2.23 bits per heavy atom. The third kappa shape index (κ3) is 17.7. The van der Waals surface area contributed by atoms with E-state index in [0.717, 1.165) is 100 Å². The Bertz CT molecular complexity index is 1480. The maximum atomic E-state index is 12.9. The molecule has 5 aliphatic rings. The molecule has 0 bridgehead atoms. The number of amides is 1. The molecule has 8 heteroatoms. The zero-order valence-corrected chi connectivity index (χ0v) is 43.5. The molecule has 4 unspecified atom stereocenters. The number of hydrogen-bond acceptors (Lipinski definition) is 7. The summed E-state index contributed by atoms with van der Waals surface area (Å²) in [5.41, 5.74) is 2.20. The van der Waals surface area contributed by atoms with Crippen molar-refractivity contribution < 1.29 is 28.5 Å². The Kier molecular flexibility index (Phi) is 24.8. The van der Waals surface area contributed by atoms with Crippen molar-refractivity contribution in [1.29, 1.82) is 0 Å². The van der Waals surface area contributed by atoms with E-state index in [2.05, 4.69) is 69.7 Å². The van der Waals surface area contributed by atoms with Crippen LogP contribution in [0.2, 0.25) is 0 Å². The molecular weight excluding hydrogens is 821 g/mol. The molecule has 378 valence electrons. The summed E-state index contributed by atoms with van der Waals surface area (Å²) in [7, 11) is 0. The zero-order valence-electron chi connectivity index (χ0n) is 43.5. The Labute approximate surface area is 405 Å². The molecule has 1 N–H and O–H groups in total. The van der Waals surface area contributed by atoms with Crippen molar-refractivity contribution in [1.82, 2.24) is 10.2 Å². The summed E-state index contributed by atoms with van der Waals surface area (Å²) in [6.45, 7) is 19.3. The fourth-order valence-electron chi connectivity index (χ4n) is 13.6. The zero-order chi connectivity index (χ0) is 47.0. The van der Waals surface area contributed by atoms with Crippen LogP contribution in [0.25, 0.3) is 0 Å². The summed E-state index contributed by atoms with van der Waals surface area (Å²) in [6, 6.07) is 0. The largest absolute Gasteiger partial charge is 0.462 e. The number of rotatable bonds is 30. The van der Waals surface area contributed by atoms with Gasteiger partial charge in [-0.3, -0.25) is 4.79 Å². The maximum Gasteiger partial charge on any atom is 0.407 e. The summed E-state index contributed by atoms with van der Waals surface area (Å²) in [5, 5.41) is 2.67. The first kappa shape index (κ1) is 54.9. The molecule has 1 saturated heterocycles. The second kappa shape index (κ2) is 29.8. The minimum atomic E-state index is -0.531. The summed E-state index contributed by atoms with van der Waals surface area (Å²) in [6.07, 6.45) is 36.5. The van der Waals surface area contributed by atoms with Gasteiger partial charge < -0.3 is 29.2 Å². The number of allylic oxidation sites excluding steroid dienone is 1. The lowest BCUT2D eigenvalue weighted by molar-refractivity contribution is -0.145. The molecule has 4 fully saturated rings. The van der Waals surface area contributed by atoms with Gasteiger partial charge in [0, 0.05) is 32.4 Å². The molecule has 1 heterocycles. The van der Waals surface area contributed by atoms with Crippen molar-refractivity contribution in [3.63, 3.8) is 0 Å². The van der Waals surface area contributed by atoms with Crippen LogP contribution in [-0.2, 0) is 23.7 Å². The topological polar surface area (TPSA) is 86.3 Å². The van der Waals surface area contributed by atoms with E-state index in [1.807, 2.05) is 0 Å². The number of alkyl carbamates (subject to hydrolysis) is 1. The lowest BCUT2D eigenvalue weighted by atomic mass is 9.47. The predicted octanol–water partition coefficient (Wildman–Crippen LogP) is 14.0. The number of carbonyl (C=O) groups excluding carboxylic acids is 2. The lowest BCUT2D eigenvalue weighted by Gasteiger charge is -2.58. The fraction of sp³-hybridized carbons (Fsp3) is 0.897. The van der Waals surface area contributed by atoms with Crippen LogP contribution >= 0.6 is 0 Å². The number of carbonyl (C=O) groups is 2. The van der Waals surface area contributed by atoms with Gasteiger partial charge in [0.2, 0.25) is 0 Å². The highest BCUT2D eigenvalue weighted by atomic mass is 16.6. The van der Waals surface area contributed by atoms with E-state index in [-0.39, 0.29) is 30.8 Å². The quantitative estimate of drug-likeness (QED) is 0.0332. The van der Waals surface area contributed by atoms with Gasteiger partial charge >= 0.3 is 12.1 Å². The standard InChI is InChI=1S/C58H100N2O6/c1-7-8-9-10-11-12-13-14-15-16-17-18-19-20-21-25-39-63-45-50(44-60-37-23-22-24-38-60)64-40-41-65-55(61)43-59-56(62)66-49-33-35-57(5)48(42-49)29-30-51-53-32-31-52(47(4)28-26-27-46(2)3)58(53,6)36-34-54(51)57/h29,46-47,49-54H,7-13,16-28,30-45H2,1-6H3,(H,59,62)/t47?,49-,50?,51?,52-,53-,54-,57?,58+/m0/s1. The molecule has 66 heavy (non-hydrogen) atoms.